The van der Waals surface area contributed by atoms with Gasteiger partial charge in [-0.05, 0) is 0 Å². The molecule has 0 saturated carbocycles. The van der Waals surface area contributed by atoms with Gasteiger partial charge in [0.2, 0.25) is 0 Å². The average molecular weight is 202 g/mol. The number of imidazole rings is 1. The zero-order valence-electron chi connectivity index (χ0n) is 9.14. The molecule has 0 radical (unpaired) electrons. The Morgan fingerprint density at radius 1 is 1.40 bits per heavy atom. The van der Waals surface area contributed by atoms with E-state index in [0.717, 1.165) is 36.7 Å². The monoisotopic (exact) mass is 202 g/mol. The Hall–Kier alpha value is -1.75. The average Bonchev–Trinajstić information content (AvgIpc) is 2.76. The van der Waals surface area contributed by atoms with Crippen molar-refractivity contribution in [1.29, 1.82) is 0 Å². The minimum absolute atomic E-state index is 0.254. The molecular weight excluding hydrogens is 190 g/mol. The van der Waals surface area contributed by atoms with Crippen LogP contribution in [-0.2, 0) is 19.6 Å². The Balaban J connectivity index is 1.70. The van der Waals surface area contributed by atoms with E-state index in [4.69, 9.17) is 1.37 Å². The quantitative estimate of drug-likeness (QED) is 0.779. The molecule has 3 rings (SSSR count). The lowest BCUT2D eigenvalue weighted by atomic mass is 10.4. The summed E-state index contributed by atoms with van der Waals surface area (Å²) in [6, 6.07) is 0. The first kappa shape index (κ1) is 7.53. The summed E-state index contributed by atoms with van der Waals surface area (Å²) in [7, 11) is 0. The van der Waals surface area contributed by atoms with Crippen LogP contribution in [0.5, 0.6) is 0 Å². The molecule has 2 aromatic rings. The summed E-state index contributed by atoms with van der Waals surface area (Å²) < 4.78 is 7.37. The van der Waals surface area contributed by atoms with Crippen molar-refractivity contribution in [2.24, 2.45) is 0 Å². The third-order valence-corrected chi connectivity index (χ3v) is 2.50. The Morgan fingerprint density at radius 2 is 2.40 bits per heavy atom. The molecule has 0 atom stereocenters. The molecule has 1 aliphatic rings. The summed E-state index contributed by atoms with van der Waals surface area (Å²) in [6.07, 6.45) is 5.40. The molecule has 76 valence electrons. The number of aromatic amines is 1. The summed E-state index contributed by atoms with van der Waals surface area (Å²) >= 11 is 0. The van der Waals surface area contributed by atoms with E-state index >= 15 is 0 Å². The number of H-pyrrole nitrogens is 1. The van der Waals surface area contributed by atoms with Crippen LogP contribution in [0.2, 0.25) is 0 Å². The van der Waals surface area contributed by atoms with Crippen LogP contribution in [0.1, 0.15) is 18.5 Å². The molecule has 0 fully saturated rings. The van der Waals surface area contributed by atoms with Crippen molar-refractivity contribution in [3.05, 3.63) is 42.0 Å². The highest BCUT2D eigenvalue weighted by molar-refractivity contribution is 5.16. The summed E-state index contributed by atoms with van der Waals surface area (Å²) in [6.45, 7) is 2.35. The van der Waals surface area contributed by atoms with Gasteiger partial charge in [-0.25, -0.2) is 4.98 Å². The zero-order chi connectivity index (χ0) is 11.0. The van der Waals surface area contributed by atoms with Crippen molar-refractivity contribution in [2.75, 3.05) is 0 Å². The van der Waals surface area contributed by atoms with E-state index in [-0.39, 0.29) is 6.30 Å². The maximum absolute atomic E-state index is 7.37. The van der Waals surface area contributed by atoms with Gasteiger partial charge in [0, 0.05) is 38.2 Å². The van der Waals surface area contributed by atoms with Gasteiger partial charge in [0.1, 0.15) is 1.37 Å². The summed E-state index contributed by atoms with van der Waals surface area (Å²) in [5, 5.41) is 0. The van der Waals surface area contributed by atoms with Crippen molar-refractivity contribution in [1.82, 2.24) is 24.8 Å². The normalized spacial score (nSPS) is 16.4. The fourth-order valence-corrected chi connectivity index (χ4v) is 1.81. The smallest absolute Gasteiger partial charge is 0.104 e. The third kappa shape index (κ3) is 1.61. The predicted molar refractivity (Wildman–Crippen MR) is 53.6 cm³/mol. The van der Waals surface area contributed by atoms with Gasteiger partial charge in [0.15, 0.2) is 0 Å². The van der Waals surface area contributed by atoms with Crippen molar-refractivity contribution in [3.63, 3.8) is 0 Å². The largest absolute Gasteiger partial charge is 0.347 e. The maximum Gasteiger partial charge on any atom is 0.104 e. The van der Waals surface area contributed by atoms with Crippen LogP contribution in [-0.4, -0.2) is 24.8 Å². The van der Waals surface area contributed by atoms with Crippen molar-refractivity contribution < 1.29 is 1.37 Å². The first-order chi connectivity index (χ1) is 7.81. The molecule has 1 N–H and O–H groups in total. The Kier molecular flexibility index (Phi) is 1.72. The first-order valence-corrected chi connectivity index (χ1v) is 4.83. The fourth-order valence-electron chi connectivity index (χ4n) is 1.81. The highest BCUT2D eigenvalue weighted by atomic mass is 15.2. The number of rotatable bonds is 2. The second-order valence-corrected chi connectivity index (χ2v) is 3.62. The topological polar surface area (TPSA) is 57.7 Å². The van der Waals surface area contributed by atoms with E-state index in [1.165, 1.54) is 0 Å². The van der Waals surface area contributed by atoms with Gasteiger partial charge < -0.3 is 4.98 Å². The predicted octanol–water partition coefficient (Wildman–Crippen LogP) is 0.716. The van der Waals surface area contributed by atoms with Crippen molar-refractivity contribution >= 4 is 0 Å². The Labute approximate surface area is 88.6 Å². The minimum Gasteiger partial charge on any atom is -0.347 e. The van der Waals surface area contributed by atoms with E-state index in [9.17, 15) is 0 Å². The van der Waals surface area contributed by atoms with Gasteiger partial charge in [-0.15, -0.1) is 0 Å². The minimum atomic E-state index is 0.254. The summed E-state index contributed by atoms with van der Waals surface area (Å²) in [5.41, 5.74) is 2.99. The number of fused-ring (bicyclic) bond motifs is 1. The van der Waals surface area contributed by atoms with E-state index < -0.39 is 0 Å². The lowest BCUT2D eigenvalue weighted by molar-refractivity contribution is 0.267. The summed E-state index contributed by atoms with van der Waals surface area (Å²) in [5.74, 6) is 0. The highest BCUT2D eigenvalue weighted by Crippen LogP contribution is 2.19. The van der Waals surface area contributed by atoms with Crippen LogP contribution in [0.25, 0.3) is 0 Å². The highest BCUT2D eigenvalue weighted by Gasteiger charge is 2.21. The lowest BCUT2D eigenvalue weighted by Gasteiger charge is -2.12. The second-order valence-electron chi connectivity index (χ2n) is 3.62. The van der Waals surface area contributed by atoms with Gasteiger partial charge >= 0.3 is 0 Å². The molecule has 0 bridgehead atoms. The molecule has 3 heterocycles. The van der Waals surface area contributed by atoms with E-state index in [2.05, 4.69) is 24.8 Å². The maximum atomic E-state index is 7.37. The molecule has 5 nitrogen and oxygen atoms in total. The Bertz CT molecular complexity index is 472. The van der Waals surface area contributed by atoms with Crippen LogP contribution in [0, 0.1) is 0 Å². The number of aromatic nitrogens is 4. The van der Waals surface area contributed by atoms with Gasteiger partial charge in [0.25, 0.3) is 0 Å². The van der Waals surface area contributed by atoms with Crippen LogP contribution in [0.4, 0.5) is 0 Å². The third-order valence-electron chi connectivity index (χ3n) is 2.50. The second kappa shape index (κ2) is 3.43. The van der Waals surface area contributed by atoms with Crippen LogP contribution >= 0.6 is 0 Å². The van der Waals surface area contributed by atoms with Crippen molar-refractivity contribution in [2.45, 2.75) is 19.6 Å². The standard InChI is InChI=1S/C10H11N5/c1-2-12-8(3-11-1)4-15-5-9-10(6-15)14-7-13-9/h1-3,7H,4-6H2,(H,13,14)/i7D. The molecular formula is C10H11N5. The van der Waals surface area contributed by atoms with Crippen LogP contribution in [0.15, 0.2) is 24.9 Å². The molecule has 0 unspecified atom stereocenters. The van der Waals surface area contributed by atoms with E-state index in [1.54, 1.807) is 18.6 Å². The van der Waals surface area contributed by atoms with E-state index in [0.29, 0.717) is 0 Å². The van der Waals surface area contributed by atoms with Crippen LogP contribution in [0.3, 0.4) is 0 Å². The molecule has 1 aliphatic heterocycles. The molecule has 15 heavy (non-hydrogen) atoms. The summed E-state index contributed by atoms with van der Waals surface area (Å²) in [4.78, 5) is 17.6. The zero-order valence-corrected chi connectivity index (χ0v) is 8.14. The molecule has 0 aliphatic carbocycles. The molecule has 0 aromatic carbocycles. The van der Waals surface area contributed by atoms with E-state index in [1.807, 2.05) is 0 Å². The van der Waals surface area contributed by atoms with Gasteiger partial charge in [-0.2, -0.15) is 0 Å². The number of hydrogen-bond donors (Lipinski definition) is 1. The molecule has 0 amide bonds. The Morgan fingerprint density at radius 3 is 3.20 bits per heavy atom. The fraction of sp³-hybridized carbons (Fsp3) is 0.300. The number of nitrogens with one attached hydrogen (secondary N) is 1. The number of hydrogen-bond acceptors (Lipinski definition) is 4. The van der Waals surface area contributed by atoms with Gasteiger partial charge in [-0.1, -0.05) is 0 Å². The molecule has 5 heteroatoms. The SMILES string of the molecule is [2H]c1nc2c([nH]1)CN(Cc1cnccn1)C2. The molecule has 0 spiro atoms. The van der Waals surface area contributed by atoms with Crippen LogP contribution < -0.4 is 0 Å². The van der Waals surface area contributed by atoms with Gasteiger partial charge in [0.05, 0.1) is 23.4 Å². The van der Waals surface area contributed by atoms with Crippen molar-refractivity contribution in [3.8, 4) is 0 Å². The molecule has 0 saturated heterocycles. The van der Waals surface area contributed by atoms with Gasteiger partial charge in [-0.3, -0.25) is 14.9 Å². The first-order valence-electron chi connectivity index (χ1n) is 5.33. The lowest BCUT2D eigenvalue weighted by Crippen LogP contribution is -2.17. The number of nitrogens with zero attached hydrogens (tertiary/aromatic N) is 4. The molecule has 2 aromatic heterocycles.